The standard InChI is InChI=1S/C53H35N3Si/c1-9-26-49-40(17-1)41-18-2-10-27-50(41)57(49)51-28-11-5-21-44(51)53(45-22-6-12-29-52(45)57)42-19-3-7-24-47(42)56(48-25-8-4-20-43(48)53)39-33-37(36-16-15-30-54-35-36)32-38(34-39)46-23-13-14-31-55-46/h1-35H. The molecular formula is C53H35N3Si. The first kappa shape index (κ1) is 32.1. The molecule has 0 aliphatic carbocycles. The monoisotopic (exact) mass is 741 g/mol. The molecule has 7 aromatic carbocycles. The average molecular weight is 742 g/mol. The largest absolute Gasteiger partial charge is 0.310 e. The molecule has 4 heteroatoms. The molecule has 2 spiro atoms. The molecule has 0 fully saturated rings. The summed E-state index contributed by atoms with van der Waals surface area (Å²) in [5.41, 5.74) is 15.0. The Hall–Kier alpha value is -7.14. The van der Waals surface area contributed by atoms with Crippen molar-refractivity contribution in [2.75, 3.05) is 4.90 Å². The van der Waals surface area contributed by atoms with Gasteiger partial charge in [-0.25, -0.2) is 0 Å². The van der Waals surface area contributed by atoms with Crippen molar-refractivity contribution in [2.45, 2.75) is 5.41 Å². The molecule has 0 saturated heterocycles. The summed E-state index contributed by atoms with van der Waals surface area (Å²) in [5, 5.41) is 5.90. The van der Waals surface area contributed by atoms with Crippen molar-refractivity contribution in [2.24, 2.45) is 0 Å². The van der Waals surface area contributed by atoms with Gasteiger partial charge in [0.15, 0.2) is 8.07 Å². The summed E-state index contributed by atoms with van der Waals surface area (Å²) in [4.78, 5) is 11.8. The Morgan fingerprint density at radius 1 is 0.404 bits per heavy atom. The van der Waals surface area contributed by atoms with Crippen LogP contribution < -0.4 is 25.6 Å². The number of hydrogen-bond donors (Lipinski definition) is 0. The maximum atomic E-state index is 4.81. The van der Waals surface area contributed by atoms with E-state index in [1.54, 1.807) is 0 Å². The van der Waals surface area contributed by atoms with Crippen LogP contribution in [0, 0.1) is 0 Å². The van der Waals surface area contributed by atoms with E-state index >= 15 is 0 Å². The van der Waals surface area contributed by atoms with E-state index in [-0.39, 0.29) is 0 Å². The number of fused-ring (bicyclic) bond motifs is 15. The summed E-state index contributed by atoms with van der Waals surface area (Å²) in [7, 11) is -2.75. The fourth-order valence-electron chi connectivity index (χ4n) is 10.6. The zero-order valence-electron chi connectivity index (χ0n) is 31.0. The first-order chi connectivity index (χ1) is 28.3. The highest BCUT2D eigenvalue weighted by Gasteiger charge is 2.60. The summed E-state index contributed by atoms with van der Waals surface area (Å²) in [6, 6.07) is 72.7. The fourth-order valence-corrected chi connectivity index (χ4v) is 16.3. The molecule has 5 heterocycles. The summed E-state index contributed by atoms with van der Waals surface area (Å²) >= 11 is 0. The second-order valence-corrected chi connectivity index (χ2v) is 18.9. The summed E-state index contributed by atoms with van der Waals surface area (Å²) in [6.45, 7) is 0. The van der Waals surface area contributed by atoms with Crippen molar-refractivity contribution in [3.63, 3.8) is 0 Å². The third-order valence-corrected chi connectivity index (χ3v) is 17.6. The Morgan fingerprint density at radius 3 is 1.51 bits per heavy atom. The van der Waals surface area contributed by atoms with Gasteiger partial charge in [0.2, 0.25) is 0 Å². The van der Waals surface area contributed by atoms with Gasteiger partial charge in [-0.1, -0.05) is 146 Å². The molecule has 3 aliphatic rings. The van der Waals surface area contributed by atoms with E-state index < -0.39 is 13.5 Å². The number of benzene rings is 7. The van der Waals surface area contributed by atoms with Crippen LogP contribution in [0.25, 0.3) is 33.5 Å². The molecule has 57 heavy (non-hydrogen) atoms. The second-order valence-electron chi connectivity index (χ2n) is 15.3. The van der Waals surface area contributed by atoms with Crippen molar-refractivity contribution < 1.29 is 0 Å². The quantitative estimate of drug-likeness (QED) is 0.169. The zero-order valence-corrected chi connectivity index (χ0v) is 32.0. The number of rotatable bonds is 3. The third kappa shape index (κ3) is 4.25. The highest BCUT2D eigenvalue weighted by Crippen LogP contribution is 2.59. The smallest absolute Gasteiger partial charge is 0.181 e. The Morgan fingerprint density at radius 2 is 0.930 bits per heavy atom. The van der Waals surface area contributed by atoms with Gasteiger partial charge in [0.25, 0.3) is 0 Å². The highest BCUT2D eigenvalue weighted by atomic mass is 28.3. The van der Waals surface area contributed by atoms with Crippen molar-refractivity contribution >= 4 is 45.9 Å². The predicted octanol–water partition coefficient (Wildman–Crippen LogP) is 9.65. The van der Waals surface area contributed by atoms with Gasteiger partial charge in [0.1, 0.15) is 0 Å². The molecule has 0 amide bonds. The van der Waals surface area contributed by atoms with Gasteiger partial charge in [-0.3, -0.25) is 9.97 Å². The van der Waals surface area contributed by atoms with Gasteiger partial charge >= 0.3 is 0 Å². The van der Waals surface area contributed by atoms with Crippen molar-refractivity contribution in [1.29, 1.82) is 0 Å². The first-order valence-corrected chi connectivity index (χ1v) is 21.6. The molecule has 9 aromatic rings. The van der Waals surface area contributed by atoms with Crippen LogP contribution in [0.4, 0.5) is 17.1 Å². The van der Waals surface area contributed by atoms with E-state index in [1.807, 2.05) is 30.7 Å². The summed E-state index contributed by atoms with van der Waals surface area (Å²) in [5.74, 6) is 0. The van der Waals surface area contributed by atoms with Crippen molar-refractivity contribution in [3.05, 3.63) is 235 Å². The lowest BCUT2D eigenvalue weighted by Gasteiger charge is -2.53. The molecule has 266 valence electrons. The minimum absolute atomic E-state index is 0.577. The SMILES string of the molecule is c1ccc(-c2cc(-c3cccnc3)cc(N3c4ccccc4C4(c5ccccc53)c3ccccc3[Si]3(c5ccccc5-c5ccccc53)c3ccccc34)c2)nc1. The van der Waals surface area contributed by atoms with Gasteiger partial charge < -0.3 is 4.90 Å². The Balaban J connectivity index is 1.18. The Kier molecular flexibility index (Phi) is 6.87. The molecule has 3 aliphatic heterocycles. The number of anilines is 3. The van der Waals surface area contributed by atoms with Gasteiger partial charge in [0.05, 0.1) is 22.5 Å². The van der Waals surface area contributed by atoms with Gasteiger partial charge in [-0.15, -0.1) is 0 Å². The van der Waals surface area contributed by atoms with Crippen LogP contribution >= 0.6 is 0 Å². The van der Waals surface area contributed by atoms with Crippen LogP contribution in [0.15, 0.2) is 213 Å². The molecule has 0 atom stereocenters. The summed E-state index contributed by atoms with van der Waals surface area (Å²) < 4.78 is 0. The average Bonchev–Trinajstić information content (AvgIpc) is 3.59. The molecule has 12 rings (SSSR count). The minimum atomic E-state index is -2.75. The Labute approximate surface area is 333 Å². The zero-order chi connectivity index (χ0) is 37.6. The summed E-state index contributed by atoms with van der Waals surface area (Å²) in [6.07, 6.45) is 5.65. The lowest BCUT2D eigenvalue weighted by Crippen LogP contribution is -2.78. The van der Waals surface area contributed by atoms with Crippen LogP contribution in [-0.4, -0.2) is 18.0 Å². The van der Waals surface area contributed by atoms with E-state index in [2.05, 4.69) is 192 Å². The lowest BCUT2D eigenvalue weighted by atomic mass is 9.62. The van der Waals surface area contributed by atoms with E-state index in [0.29, 0.717) is 0 Å². The van der Waals surface area contributed by atoms with Gasteiger partial charge in [0, 0.05) is 35.4 Å². The van der Waals surface area contributed by atoms with Crippen LogP contribution in [0.3, 0.4) is 0 Å². The van der Waals surface area contributed by atoms with Crippen LogP contribution in [0.2, 0.25) is 0 Å². The normalized spacial score (nSPS) is 14.6. The maximum absolute atomic E-state index is 4.81. The van der Waals surface area contributed by atoms with E-state index in [1.165, 1.54) is 65.5 Å². The molecular weight excluding hydrogens is 707 g/mol. The molecule has 3 nitrogen and oxygen atoms in total. The third-order valence-electron chi connectivity index (χ3n) is 12.7. The maximum Gasteiger partial charge on any atom is 0.181 e. The Bertz CT molecular complexity index is 2840. The number of pyridine rings is 2. The highest BCUT2D eigenvalue weighted by molar-refractivity contribution is 7.22. The van der Waals surface area contributed by atoms with Gasteiger partial charge in [-0.2, -0.15) is 0 Å². The number of nitrogens with zero attached hydrogens (tertiary/aromatic N) is 3. The van der Waals surface area contributed by atoms with E-state index in [9.17, 15) is 0 Å². The lowest BCUT2D eigenvalue weighted by molar-refractivity contribution is 0.736. The van der Waals surface area contributed by atoms with Crippen molar-refractivity contribution in [1.82, 2.24) is 9.97 Å². The van der Waals surface area contributed by atoms with Crippen LogP contribution in [0.1, 0.15) is 22.3 Å². The second kappa shape index (κ2) is 12.2. The van der Waals surface area contributed by atoms with Crippen LogP contribution in [0.5, 0.6) is 0 Å². The molecule has 0 saturated carbocycles. The van der Waals surface area contributed by atoms with Gasteiger partial charge in [-0.05, 0) is 108 Å². The predicted molar refractivity (Wildman–Crippen MR) is 236 cm³/mol. The van der Waals surface area contributed by atoms with E-state index in [4.69, 9.17) is 4.98 Å². The molecule has 2 aromatic heterocycles. The number of para-hydroxylation sites is 2. The molecule has 0 unspecified atom stereocenters. The van der Waals surface area contributed by atoms with E-state index in [0.717, 1.165) is 28.1 Å². The minimum Gasteiger partial charge on any atom is -0.310 e. The van der Waals surface area contributed by atoms with Crippen molar-refractivity contribution in [3.8, 4) is 33.5 Å². The number of hydrogen-bond acceptors (Lipinski definition) is 3. The van der Waals surface area contributed by atoms with Crippen LogP contribution in [-0.2, 0) is 5.41 Å². The molecule has 0 radical (unpaired) electrons. The molecule has 0 bridgehead atoms. The first-order valence-electron chi connectivity index (χ1n) is 19.6. The fraction of sp³-hybridized carbons (Fsp3) is 0.0189. The topological polar surface area (TPSA) is 29.0 Å². The molecule has 0 N–H and O–H groups in total. The number of aromatic nitrogens is 2.